The predicted molar refractivity (Wildman–Crippen MR) is 71.4 cm³/mol. The summed E-state index contributed by atoms with van der Waals surface area (Å²) in [5.74, 6) is 0. The molecule has 1 unspecified atom stereocenters. The van der Waals surface area contributed by atoms with Gasteiger partial charge >= 0.3 is 0 Å². The highest BCUT2D eigenvalue weighted by molar-refractivity contribution is 5.79. The monoisotopic (exact) mass is 230 g/mol. The van der Waals surface area contributed by atoms with Crippen molar-refractivity contribution in [2.45, 2.75) is 19.9 Å². The van der Waals surface area contributed by atoms with Gasteiger partial charge in [-0.05, 0) is 40.1 Å². The van der Waals surface area contributed by atoms with Crippen LogP contribution in [0.5, 0.6) is 0 Å². The number of rotatable bonds is 2. The van der Waals surface area contributed by atoms with Crippen LogP contribution >= 0.6 is 0 Å². The molecule has 0 aliphatic rings. The second kappa shape index (κ2) is 4.34. The molecule has 1 N–H and O–H groups in total. The van der Waals surface area contributed by atoms with E-state index in [1.807, 2.05) is 39.2 Å². The largest absolute Gasteiger partial charge is 0.357 e. The lowest BCUT2D eigenvalue weighted by Gasteiger charge is -2.20. The normalized spacial score (nSPS) is 13.2. The molecule has 0 saturated heterocycles. The van der Waals surface area contributed by atoms with Crippen LogP contribution in [0.15, 0.2) is 29.1 Å². The molecule has 3 nitrogen and oxygen atoms in total. The van der Waals surface area contributed by atoms with Crippen LogP contribution in [0.3, 0.4) is 0 Å². The standard InChI is InChI=1S/C14H18N2O/c1-9-5-6-12-11(7-9)14(17)8-13(15-12)10(2)16(3)4/h5-8,10H,1-4H3,(H,15,17). The summed E-state index contributed by atoms with van der Waals surface area (Å²) in [5.41, 5.74) is 3.06. The maximum Gasteiger partial charge on any atom is 0.189 e. The van der Waals surface area contributed by atoms with Crippen molar-refractivity contribution in [1.82, 2.24) is 9.88 Å². The number of nitrogens with zero attached hydrogens (tertiary/aromatic N) is 1. The van der Waals surface area contributed by atoms with Crippen LogP contribution in [-0.2, 0) is 0 Å². The molecule has 0 fully saturated rings. The molecule has 0 radical (unpaired) electrons. The Kier molecular flexibility index (Phi) is 3.03. The zero-order valence-electron chi connectivity index (χ0n) is 10.7. The topological polar surface area (TPSA) is 36.1 Å². The molecule has 0 saturated carbocycles. The number of aromatic nitrogens is 1. The molecule has 2 rings (SSSR count). The second-order valence-corrected chi connectivity index (χ2v) is 4.78. The molecule has 0 aliphatic carbocycles. The summed E-state index contributed by atoms with van der Waals surface area (Å²) in [6, 6.07) is 7.82. The zero-order valence-corrected chi connectivity index (χ0v) is 10.7. The number of aryl methyl sites for hydroxylation is 1. The third kappa shape index (κ3) is 2.24. The maximum absolute atomic E-state index is 12.0. The van der Waals surface area contributed by atoms with Gasteiger partial charge in [0.2, 0.25) is 0 Å². The van der Waals surface area contributed by atoms with Crippen LogP contribution in [0.4, 0.5) is 0 Å². The first-order chi connectivity index (χ1) is 7.99. The molecule has 3 heteroatoms. The van der Waals surface area contributed by atoms with Crippen LogP contribution < -0.4 is 5.43 Å². The Bertz CT molecular complexity index is 599. The third-order valence-electron chi connectivity index (χ3n) is 3.23. The molecule has 90 valence electrons. The minimum atomic E-state index is 0.0890. The average Bonchev–Trinajstić information content (AvgIpc) is 2.28. The number of fused-ring (bicyclic) bond motifs is 1. The van der Waals surface area contributed by atoms with Gasteiger partial charge in [0.15, 0.2) is 5.43 Å². The highest BCUT2D eigenvalue weighted by atomic mass is 16.1. The Morgan fingerprint density at radius 3 is 2.59 bits per heavy atom. The van der Waals surface area contributed by atoms with Gasteiger partial charge < -0.3 is 9.88 Å². The van der Waals surface area contributed by atoms with Crippen molar-refractivity contribution in [3.8, 4) is 0 Å². The molecule has 17 heavy (non-hydrogen) atoms. The highest BCUT2D eigenvalue weighted by Gasteiger charge is 2.10. The van der Waals surface area contributed by atoms with E-state index in [9.17, 15) is 4.79 Å². The van der Waals surface area contributed by atoms with E-state index in [0.29, 0.717) is 0 Å². The number of hydrogen-bond donors (Lipinski definition) is 1. The van der Waals surface area contributed by atoms with E-state index >= 15 is 0 Å². The van der Waals surface area contributed by atoms with Crippen molar-refractivity contribution in [3.63, 3.8) is 0 Å². The van der Waals surface area contributed by atoms with Crippen molar-refractivity contribution in [1.29, 1.82) is 0 Å². The zero-order chi connectivity index (χ0) is 12.6. The van der Waals surface area contributed by atoms with Crippen molar-refractivity contribution in [2.75, 3.05) is 14.1 Å². The highest BCUT2D eigenvalue weighted by Crippen LogP contribution is 2.17. The SMILES string of the molecule is Cc1ccc2[nH]c(C(C)N(C)C)cc(=O)c2c1. The smallest absolute Gasteiger partial charge is 0.189 e. The summed E-state index contributed by atoms with van der Waals surface area (Å²) >= 11 is 0. The van der Waals surface area contributed by atoms with Gasteiger partial charge in [-0.1, -0.05) is 11.6 Å². The molecule has 1 aromatic carbocycles. The molecule has 0 bridgehead atoms. The lowest BCUT2D eigenvalue weighted by Crippen LogP contribution is -2.19. The van der Waals surface area contributed by atoms with Gasteiger partial charge in [-0.2, -0.15) is 0 Å². The summed E-state index contributed by atoms with van der Waals surface area (Å²) in [5, 5.41) is 0.764. The fourth-order valence-corrected chi connectivity index (χ4v) is 1.88. The van der Waals surface area contributed by atoms with E-state index in [0.717, 1.165) is 22.2 Å². The second-order valence-electron chi connectivity index (χ2n) is 4.78. The molecule has 1 aromatic heterocycles. The molecular formula is C14H18N2O. The molecular weight excluding hydrogens is 212 g/mol. The maximum atomic E-state index is 12.0. The van der Waals surface area contributed by atoms with Gasteiger partial charge in [-0.3, -0.25) is 4.79 Å². The van der Waals surface area contributed by atoms with Gasteiger partial charge in [-0.15, -0.1) is 0 Å². The summed E-state index contributed by atoms with van der Waals surface area (Å²) in [4.78, 5) is 17.4. The summed E-state index contributed by atoms with van der Waals surface area (Å²) in [6.07, 6.45) is 0. The molecule has 0 spiro atoms. The molecule has 2 aromatic rings. The number of benzene rings is 1. The van der Waals surface area contributed by atoms with E-state index in [4.69, 9.17) is 0 Å². The van der Waals surface area contributed by atoms with Crippen LogP contribution in [0.1, 0.15) is 24.2 Å². The van der Waals surface area contributed by atoms with Gasteiger partial charge in [0.05, 0.1) is 0 Å². The average molecular weight is 230 g/mol. The van der Waals surface area contributed by atoms with E-state index in [1.54, 1.807) is 6.07 Å². The summed E-state index contributed by atoms with van der Waals surface area (Å²) in [7, 11) is 4.00. The fraction of sp³-hybridized carbons (Fsp3) is 0.357. The Hall–Kier alpha value is -1.61. The van der Waals surface area contributed by atoms with Crippen molar-refractivity contribution in [2.24, 2.45) is 0 Å². The predicted octanol–water partition coefficient (Wildman–Crippen LogP) is 2.46. The number of H-pyrrole nitrogens is 1. The number of pyridine rings is 1. The van der Waals surface area contributed by atoms with Gasteiger partial charge in [0.25, 0.3) is 0 Å². The van der Waals surface area contributed by atoms with Crippen LogP contribution in [0.2, 0.25) is 0 Å². The van der Waals surface area contributed by atoms with Crippen LogP contribution in [0, 0.1) is 6.92 Å². The molecule has 1 atom stereocenters. The first kappa shape index (κ1) is 11.9. The van der Waals surface area contributed by atoms with E-state index in [-0.39, 0.29) is 11.5 Å². The van der Waals surface area contributed by atoms with E-state index < -0.39 is 0 Å². The minimum absolute atomic E-state index is 0.0890. The fourth-order valence-electron chi connectivity index (χ4n) is 1.88. The Balaban J connectivity index is 2.64. The van der Waals surface area contributed by atoms with E-state index in [2.05, 4.69) is 16.8 Å². The minimum Gasteiger partial charge on any atom is -0.357 e. The first-order valence-electron chi connectivity index (χ1n) is 5.79. The van der Waals surface area contributed by atoms with Gasteiger partial charge in [-0.25, -0.2) is 0 Å². The lowest BCUT2D eigenvalue weighted by molar-refractivity contribution is 0.315. The number of nitrogens with one attached hydrogen (secondary N) is 1. The van der Waals surface area contributed by atoms with Crippen LogP contribution in [-0.4, -0.2) is 24.0 Å². The molecule has 0 aliphatic heterocycles. The third-order valence-corrected chi connectivity index (χ3v) is 3.23. The Morgan fingerprint density at radius 1 is 1.24 bits per heavy atom. The Labute approximate surface area is 101 Å². The summed E-state index contributed by atoms with van der Waals surface area (Å²) in [6.45, 7) is 4.07. The van der Waals surface area contributed by atoms with Crippen molar-refractivity contribution >= 4 is 10.9 Å². The quantitative estimate of drug-likeness (QED) is 0.860. The van der Waals surface area contributed by atoms with Gasteiger partial charge in [0.1, 0.15) is 0 Å². The summed E-state index contributed by atoms with van der Waals surface area (Å²) < 4.78 is 0. The van der Waals surface area contributed by atoms with E-state index in [1.165, 1.54) is 0 Å². The number of aromatic amines is 1. The van der Waals surface area contributed by atoms with Crippen molar-refractivity contribution in [3.05, 3.63) is 45.7 Å². The molecule has 0 amide bonds. The number of hydrogen-bond acceptors (Lipinski definition) is 2. The lowest BCUT2D eigenvalue weighted by atomic mass is 10.1. The first-order valence-corrected chi connectivity index (χ1v) is 5.79. The molecule has 1 heterocycles. The Morgan fingerprint density at radius 2 is 1.94 bits per heavy atom. The van der Waals surface area contributed by atoms with Crippen LogP contribution in [0.25, 0.3) is 10.9 Å². The van der Waals surface area contributed by atoms with Gasteiger partial charge in [0, 0.05) is 28.7 Å². The van der Waals surface area contributed by atoms with Crippen molar-refractivity contribution < 1.29 is 0 Å².